The Morgan fingerprint density at radius 3 is 2.38 bits per heavy atom. The lowest BCUT2D eigenvalue weighted by Gasteiger charge is -2.70. The van der Waals surface area contributed by atoms with Crippen molar-refractivity contribution in [3.63, 3.8) is 0 Å². The van der Waals surface area contributed by atoms with Crippen molar-refractivity contribution in [1.29, 1.82) is 0 Å². The lowest BCUT2D eigenvalue weighted by atomic mass is 9.35. The summed E-state index contributed by atoms with van der Waals surface area (Å²) in [5.41, 5.74) is 1.20. The maximum atomic E-state index is 13.0. The van der Waals surface area contributed by atoms with E-state index in [-0.39, 0.29) is 35.3 Å². The van der Waals surface area contributed by atoms with E-state index in [9.17, 15) is 14.7 Å². The van der Waals surface area contributed by atoms with Crippen LogP contribution in [0.15, 0.2) is 11.1 Å². The number of cyclic esters (lactones) is 1. The SMILES string of the molecule is CC(=O)O[C@H]1C[C@H]2[C@]3(C)CCC4C(C)(C)CCC[C@]4(C)[C@H]3C[C@@H](O)[C@]2(C)C2=C1COC2=O. The quantitative estimate of drug-likeness (QED) is 0.588. The normalized spacial score (nSPS) is 49.3. The molecule has 1 aliphatic heterocycles. The smallest absolute Gasteiger partial charge is 0.335 e. The topological polar surface area (TPSA) is 72.8 Å². The molecule has 178 valence electrons. The van der Waals surface area contributed by atoms with E-state index >= 15 is 0 Å². The van der Waals surface area contributed by atoms with Crippen LogP contribution in [-0.2, 0) is 19.1 Å². The Balaban J connectivity index is 1.62. The first-order valence-corrected chi connectivity index (χ1v) is 12.6. The van der Waals surface area contributed by atoms with Crippen LogP contribution >= 0.6 is 0 Å². The Morgan fingerprint density at radius 1 is 1.00 bits per heavy atom. The molecule has 4 aliphatic carbocycles. The van der Waals surface area contributed by atoms with Gasteiger partial charge in [0.25, 0.3) is 0 Å². The first kappa shape index (κ1) is 22.4. The summed E-state index contributed by atoms with van der Waals surface area (Å²) in [6, 6.07) is 0. The molecule has 3 saturated carbocycles. The third-order valence-electron chi connectivity index (χ3n) is 11.1. The van der Waals surface area contributed by atoms with Gasteiger partial charge in [0, 0.05) is 17.9 Å². The molecule has 0 spiro atoms. The van der Waals surface area contributed by atoms with Crippen molar-refractivity contribution in [2.75, 3.05) is 6.61 Å². The van der Waals surface area contributed by atoms with Gasteiger partial charge >= 0.3 is 11.9 Å². The molecule has 0 amide bonds. The van der Waals surface area contributed by atoms with Crippen molar-refractivity contribution in [2.24, 2.45) is 39.4 Å². The van der Waals surface area contributed by atoms with Gasteiger partial charge in [-0.1, -0.05) is 41.0 Å². The fourth-order valence-electron chi connectivity index (χ4n) is 9.80. The Labute approximate surface area is 192 Å². The van der Waals surface area contributed by atoms with Crippen LogP contribution in [0, 0.1) is 39.4 Å². The number of fused-ring (bicyclic) bond motifs is 6. The molecule has 0 aromatic heterocycles. The van der Waals surface area contributed by atoms with Crippen LogP contribution in [0.2, 0.25) is 0 Å². The molecule has 5 nitrogen and oxygen atoms in total. The highest BCUT2D eigenvalue weighted by molar-refractivity contribution is 5.94. The Bertz CT molecular complexity index is 888. The predicted molar refractivity (Wildman–Crippen MR) is 120 cm³/mol. The summed E-state index contributed by atoms with van der Waals surface area (Å²) < 4.78 is 11.2. The van der Waals surface area contributed by atoms with E-state index in [1.165, 1.54) is 32.6 Å². The fraction of sp³-hybridized carbons (Fsp3) is 0.852. The second-order valence-electron chi connectivity index (χ2n) is 12.9. The Hall–Kier alpha value is -1.36. The molecule has 0 aromatic carbocycles. The van der Waals surface area contributed by atoms with Crippen molar-refractivity contribution in [1.82, 2.24) is 0 Å². The molecule has 5 heteroatoms. The van der Waals surface area contributed by atoms with Gasteiger partial charge < -0.3 is 14.6 Å². The summed E-state index contributed by atoms with van der Waals surface area (Å²) in [4.78, 5) is 24.9. The van der Waals surface area contributed by atoms with Gasteiger partial charge in [0.15, 0.2) is 0 Å². The number of esters is 2. The molecule has 0 aromatic rings. The summed E-state index contributed by atoms with van der Waals surface area (Å²) >= 11 is 0. The van der Waals surface area contributed by atoms with E-state index in [1.54, 1.807) is 0 Å². The first-order valence-electron chi connectivity index (χ1n) is 12.6. The molecule has 0 saturated heterocycles. The highest BCUT2D eigenvalue weighted by Gasteiger charge is 2.69. The van der Waals surface area contributed by atoms with Gasteiger partial charge in [0.2, 0.25) is 0 Å². The van der Waals surface area contributed by atoms with Gasteiger partial charge in [0.05, 0.1) is 11.7 Å². The van der Waals surface area contributed by atoms with Crippen molar-refractivity contribution >= 4 is 11.9 Å². The number of aliphatic hydroxyl groups excluding tert-OH is 1. The van der Waals surface area contributed by atoms with Crippen LogP contribution < -0.4 is 0 Å². The van der Waals surface area contributed by atoms with E-state index in [1.807, 2.05) is 0 Å². The molecule has 8 atom stereocenters. The van der Waals surface area contributed by atoms with E-state index < -0.39 is 17.6 Å². The van der Waals surface area contributed by atoms with Crippen LogP contribution in [0.1, 0.15) is 86.5 Å². The average Bonchev–Trinajstić information content (AvgIpc) is 3.08. The molecular weight excluding hydrogens is 404 g/mol. The molecule has 3 fully saturated rings. The van der Waals surface area contributed by atoms with Gasteiger partial charge in [-0.25, -0.2) is 4.79 Å². The van der Waals surface area contributed by atoms with E-state index in [4.69, 9.17) is 9.47 Å². The van der Waals surface area contributed by atoms with Crippen LogP contribution in [-0.4, -0.2) is 35.9 Å². The van der Waals surface area contributed by atoms with Crippen molar-refractivity contribution in [3.8, 4) is 0 Å². The third kappa shape index (κ3) is 2.72. The number of carbonyl (C=O) groups is 2. The predicted octanol–water partition coefficient (Wildman–Crippen LogP) is 4.81. The second-order valence-corrected chi connectivity index (χ2v) is 12.9. The highest BCUT2D eigenvalue weighted by atomic mass is 16.6. The fourth-order valence-corrected chi connectivity index (χ4v) is 9.80. The van der Waals surface area contributed by atoms with Crippen molar-refractivity contribution in [3.05, 3.63) is 11.1 Å². The monoisotopic (exact) mass is 444 g/mol. The standard InChI is InChI=1S/C27H40O5/c1-15(28)32-17-12-20-26(5)11-8-18-24(2,3)9-7-10-25(18,4)19(26)13-21(29)27(20,6)22-16(17)14-31-23(22)30/h17-21,29H,7-14H2,1-6H3/t17-,18?,19+,20-,21+,25-,26+,27+/m0/s1. The zero-order valence-electron chi connectivity index (χ0n) is 20.6. The van der Waals surface area contributed by atoms with Crippen molar-refractivity contribution < 1.29 is 24.2 Å². The van der Waals surface area contributed by atoms with Crippen LogP contribution in [0.5, 0.6) is 0 Å². The van der Waals surface area contributed by atoms with Gasteiger partial charge in [-0.2, -0.15) is 0 Å². The number of hydrogen-bond acceptors (Lipinski definition) is 5. The van der Waals surface area contributed by atoms with Crippen LogP contribution in [0.4, 0.5) is 0 Å². The second kappa shape index (κ2) is 6.84. The number of aliphatic hydroxyl groups is 1. The maximum absolute atomic E-state index is 13.0. The summed E-state index contributed by atoms with van der Waals surface area (Å²) in [6.45, 7) is 13.4. The summed E-state index contributed by atoms with van der Waals surface area (Å²) in [5.74, 6) is 0.452. The zero-order valence-corrected chi connectivity index (χ0v) is 20.6. The van der Waals surface area contributed by atoms with Crippen LogP contribution in [0.25, 0.3) is 0 Å². The minimum absolute atomic E-state index is 0.0214. The summed E-state index contributed by atoms with van der Waals surface area (Å²) in [5, 5.41) is 11.7. The highest BCUT2D eigenvalue weighted by Crippen LogP contribution is 2.73. The van der Waals surface area contributed by atoms with Crippen LogP contribution in [0.3, 0.4) is 0 Å². The van der Waals surface area contributed by atoms with Gasteiger partial charge in [-0.05, 0) is 72.5 Å². The molecular formula is C27H40O5. The minimum Gasteiger partial charge on any atom is -0.458 e. The summed E-state index contributed by atoms with van der Waals surface area (Å²) in [7, 11) is 0. The van der Waals surface area contributed by atoms with E-state index in [0.29, 0.717) is 29.2 Å². The van der Waals surface area contributed by atoms with E-state index in [0.717, 1.165) is 18.4 Å². The lowest BCUT2D eigenvalue weighted by Crippen LogP contribution is -2.66. The van der Waals surface area contributed by atoms with E-state index in [2.05, 4.69) is 34.6 Å². The largest absolute Gasteiger partial charge is 0.458 e. The maximum Gasteiger partial charge on any atom is 0.335 e. The molecule has 0 radical (unpaired) electrons. The molecule has 5 aliphatic rings. The zero-order chi connectivity index (χ0) is 23.3. The number of carbonyl (C=O) groups excluding carboxylic acids is 2. The molecule has 5 rings (SSSR count). The summed E-state index contributed by atoms with van der Waals surface area (Å²) in [6.07, 6.45) is 6.38. The Kier molecular flexibility index (Phi) is 4.79. The number of hydrogen-bond donors (Lipinski definition) is 1. The third-order valence-corrected chi connectivity index (χ3v) is 11.1. The minimum atomic E-state index is -0.655. The van der Waals surface area contributed by atoms with Crippen molar-refractivity contribution in [2.45, 2.75) is 98.7 Å². The Morgan fingerprint density at radius 2 is 1.69 bits per heavy atom. The molecule has 0 bridgehead atoms. The number of rotatable bonds is 1. The average molecular weight is 445 g/mol. The molecule has 1 heterocycles. The molecule has 1 unspecified atom stereocenters. The molecule has 1 N–H and O–H groups in total. The van der Waals surface area contributed by atoms with Gasteiger partial charge in [-0.3, -0.25) is 4.79 Å². The first-order chi connectivity index (χ1) is 14.9. The van der Waals surface area contributed by atoms with Gasteiger partial charge in [0.1, 0.15) is 12.7 Å². The van der Waals surface area contributed by atoms with Gasteiger partial charge in [-0.15, -0.1) is 0 Å². The molecule has 32 heavy (non-hydrogen) atoms. The number of ether oxygens (including phenoxy) is 2. The lowest BCUT2D eigenvalue weighted by molar-refractivity contribution is -0.223.